The number of hydrogen-bond acceptors (Lipinski definition) is 4. The van der Waals surface area contributed by atoms with Gasteiger partial charge in [-0.05, 0) is 12.3 Å². The topological polar surface area (TPSA) is 83.8 Å². The van der Waals surface area contributed by atoms with Crippen molar-refractivity contribution in [2.75, 3.05) is 7.11 Å². The highest BCUT2D eigenvalue weighted by Gasteiger charge is 2.54. The Morgan fingerprint density at radius 3 is 2.84 bits per heavy atom. The zero-order valence-corrected chi connectivity index (χ0v) is 11.0. The smallest absolute Gasteiger partial charge is 0.303 e. The fourth-order valence-electron chi connectivity index (χ4n) is 3.19. The van der Waals surface area contributed by atoms with Crippen molar-refractivity contribution in [3.05, 3.63) is 24.0 Å². The molecule has 0 aromatic heterocycles. The van der Waals surface area contributed by atoms with E-state index in [4.69, 9.17) is 9.84 Å². The zero-order chi connectivity index (χ0) is 14.2. The Labute approximate surface area is 111 Å². The maximum absolute atomic E-state index is 12.1. The highest BCUT2D eigenvalue weighted by molar-refractivity contribution is 5.94. The van der Waals surface area contributed by atoms with Gasteiger partial charge in [0.2, 0.25) is 0 Å². The van der Waals surface area contributed by atoms with E-state index in [0.29, 0.717) is 6.42 Å². The normalized spacial score (nSPS) is 37.5. The monoisotopic (exact) mass is 266 g/mol. The molecule has 2 aliphatic rings. The zero-order valence-electron chi connectivity index (χ0n) is 11.0. The Hall–Kier alpha value is -1.62. The van der Waals surface area contributed by atoms with Crippen LogP contribution in [-0.2, 0) is 14.3 Å². The second-order valence-corrected chi connectivity index (χ2v) is 5.34. The Morgan fingerprint density at radius 2 is 2.26 bits per heavy atom. The molecule has 0 bridgehead atoms. The van der Waals surface area contributed by atoms with E-state index in [1.54, 1.807) is 13.0 Å². The Morgan fingerprint density at radius 1 is 1.58 bits per heavy atom. The van der Waals surface area contributed by atoms with Crippen LogP contribution in [0.2, 0.25) is 0 Å². The van der Waals surface area contributed by atoms with Crippen molar-refractivity contribution in [2.24, 2.45) is 17.3 Å². The predicted molar refractivity (Wildman–Crippen MR) is 67.2 cm³/mol. The van der Waals surface area contributed by atoms with Crippen LogP contribution in [0.4, 0.5) is 0 Å². The van der Waals surface area contributed by atoms with Crippen LogP contribution in [-0.4, -0.2) is 35.2 Å². The molecule has 0 aliphatic heterocycles. The average Bonchev–Trinajstić information content (AvgIpc) is 2.35. The lowest BCUT2D eigenvalue weighted by atomic mass is 9.56. The molecule has 0 amide bonds. The van der Waals surface area contributed by atoms with Crippen LogP contribution in [0, 0.1) is 17.3 Å². The van der Waals surface area contributed by atoms with Crippen molar-refractivity contribution in [3.8, 4) is 0 Å². The molecule has 0 aromatic carbocycles. The quantitative estimate of drug-likeness (QED) is 0.748. The molecule has 0 heterocycles. The molecule has 2 aliphatic carbocycles. The maximum Gasteiger partial charge on any atom is 0.303 e. The lowest BCUT2D eigenvalue weighted by molar-refractivity contribution is -0.144. The SMILES string of the molecule is COC1=CC(=O)[C@@H]2CC=C[C@@H](CC(=O)O)[C@@]2(C)[C@@H]1O. The van der Waals surface area contributed by atoms with Gasteiger partial charge >= 0.3 is 5.97 Å². The van der Waals surface area contributed by atoms with Gasteiger partial charge in [0.15, 0.2) is 5.78 Å². The van der Waals surface area contributed by atoms with Crippen LogP contribution in [0.3, 0.4) is 0 Å². The van der Waals surface area contributed by atoms with E-state index >= 15 is 0 Å². The predicted octanol–water partition coefficient (Wildman–Crippen LogP) is 1.13. The van der Waals surface area contributed by atoms with Gasteiger partial charge in [0.05, 0.1) is 13.5 Å². The number of methoxy groups -OCH3 is 1. The van der Waals surface area contributed by atoms with E-state index in [1.165, 1.54) is 13.2 Å². The summed E-state index contributed by atoms with van der Waals surface area (Å²) < 4.78 is 5.06. The summed E-state index contributed by atoms with van der Waals surface area (Å²) >= 11 is 0. The van der Waals surface area contributed by atoms with E-state index in [0.717, 1.165) is 0 Å². The molecule has 0 aromatic rings. The number of rotatable bonds is 3. The van der Waals surface area contributed by atoms with Gasteiger partial charge in [-0.25, -0.2) is 0 Å². The van der Waals surface area contributed by atoms with Crippen molar-refractivity contribution in [3.63, 3.8) is 0 Å². The number of allylic oxidation sites excluding steroid dienone is 3. The van der Waals surface area contributed by atoms with Crippen molar-refractivity contribution >= 4 is 11.8 Å². The van der Waals surface area contributed by atoms with Crippen molar-refractivity contribution in [1.29, 1.82) is 0 Å². The first kappa shape index (κ1) is 13.8. The summed E-state index contributed by atoms with van der Waals surface area (Å²) in [6.45, 7) is 1.77. The summed E-state index contributed by atoms with van der Waals surface area (Å²) in [5, 5.41) is 19.5. The van der Waals surface area contributed by atoms with E-state index < -0.39 is 23.4 Å². The summed E-state index contributed by atoms with van der Waals surface area (Å²) in [6.07, 6.45) is 4.40. The molecular weight excluding hydrogens is 248 g/mol. The summed E-state index contributed by atoms with van der Waals surface area (Å²) in [5.41, 5.74) is -0.829. The summed E-state index contributed by atoms with van der Waals surface area (Å²) in [7, 11) is 1.40. The minimum Gasteiger partial charge on any atom is -0.498 e. The molecule has 0 unspecified atom stereocenters. The second-order valence-electron chi connectivity index (χ2n) is 5.34. The van der Waals surface area contributed by atoms with E-state index in [-0.39, 0.29) is 23.9 Å². The fraction of sp³-hybridized carbons (Fsp3) is 0.571. The lowest BCUT2D eigenvalue weighted by Crippen LogP contribution is -2.53. The Bertz CT molecular complexity index is 464. The molecule has 2 rings (SSSR count). The number of carboxylic acid groups (broad SMARTS) is 1. The van der Waals surface area contributed by atoms with Crippen LogP contribution in [0.25, 0.3) is 0 Å². The molecule has 0 saturated heterocycles. The number of aliphatic hydroxyl groups excluding tert-OH is 1. The number of aliphatic hydroxyl groups is 1. The molecule has 2 N–H and O–H groups in total. The number of carbonyl (C=O) groups excluding carboxylic acids is 1. The van der Waals surface area contributed by atoms with Gasteiger partial charge in [-0.15, -0.1) is 0 Å². The number of aliphatic carboxylic acids is 1. The molecule has 5 heteroatoms. The minimum atomic E-state index is -0.963. The lowest BCUT2D eigenvalue weighted by Gasteiger charge is -2.48. The van der Waals surface area contributed by atoms with Gasteiger partial charge in [-0.2, -0.15) is 0 Å². The summed E-state index contributed by atoms with van der Waals surface area (Å²) in [4.78, 5) is 23.1. The Balaban J connectivity index is 2.44. The number of carbonyl (C=O) groups is 2. The molecule has 0 saturated carbocycles. The molecule has 104 valence electrons. The molecule has 5 nitrogen and oxygen atoms in total. The van der Waals surface area contributed by atoms with E-state index in [2.05, 4.69) is 0 Å². The maximum atomic E-state index is 12.1. The highest BCUT2D eigenvalue weighted by Crippen LogP contribution is 2.50. The van der Waals surface area contributed by atoms with Crippen LogP contribution in [0.5, 0.6) is 0 Å². The first-order chi connectivity index (χ1) is 8.91. The minimum absolute atomic E-state index is 0.106. The molecule has 4 atom stereocenters. The van der Waals surface area contributed by atoms with Gasteiger partial charge in [0.25, 0.3) is 0 Å². The van der Waals surface area contributed by atoms with Gasteiger partial charge in [0, 0.05) is 17.4 Å². The van der Waals surface area contributed by atoms with Crippen molar-refractivity contribution in [1.82, 2.24) is 0 Å². The van der Waals surface area contributed by atoms with Gasteiger partial charge in [-0.1, -0.05) is 19.1 Å². The van der Waals surface area contributed by atoms with Crippen LogP contribution in [0.15, 0.2) is 24.0 Å². The first-order valence-corrected chi connectivity index (χ1v) is 6.27. The number of hydrogen-bond donors (Lipinski definition) is 2. The largest absolute Gasteiger partial charge is 0.498 e. The highest BCUT2D eigenvalue weighted by atomic mass is 16.5. The molecule has 0 spiro atoms. The number of ketones is 1. The van der Waals surface area contributed by atoms with E-state index in [9.17, 15) is 14.7 Å². The number of ether oxygens (including phenoxy) is 1. The second kappa shape index (κ2) is 4.81. The van der Waals surface area contributed by atoms with Gasteiger partial charge in [0.1, 0.15) is 11.9 Å². The Kier molecular flexibility index (Phi) is 3.49. The van der Waals surface area contributed by atoms with Crippen LogP contribution in [0.1, 0.15) is 19.8 Å². The van der Waals surface area contributed by atoms with Crippen molar-refractivity contribution in [2.45, 2.75) is 25.9 Å². The molecule has 0 radical (unpaired) electrons. The average molecular weight is 266 g/mol. The standard InChI is InChI=1S/C14H18O5/c1-14-8(6-12(16)17)4-3-5-9(14)10(15)7-11(19-2)13(14)18/h3-4,7-9,13,18H,5-6H2,1-2H3,(H,16,17)/t8-,9-,13+,14+/m0/s1. The van der Waals surface area contributed by atoms with Crippen molar-refractivity contribution < 1.29 is 24.5 Å². The fourth-order valence-corrected chi connectivity index (χ4v) is 3.19. The number of carboxylic acids is 1. The third kappa shape index (κ3) is 2.08. The van der Waals surface area contributed by atoms with Gasteiger partial charge in [-0.3, -0.25) is 9.59 Å². The van der Waals surface area contributed by atoms with Gasteiger partial charge < -0.3 is 14.9 Å². The van der Waals surface area contributed by atoms with E-state index in [1.807, 2.05) is 6.08 Å². The molecule has 19 heavy (non-hydrogen) atoms. The van der Waals surface area contributed by atoms with Crippen LogP contribution >= 0.6 is 0 Å². The molecule has 0 fully saturated rings. The summed E-state index contributed by atoms with van der Waals surface area (Å²) in [6, 6.07) is 0. The molecular formula is C14H18O5. The van der Waals surface area contributed by atoms with Crippen LogP contribution < -0.4 is 0 Å². The third-order valence-corrected chi connectivity index (χ3v) is 4.41. The summed E-state index contributed by atoms with van der Waals surface area (Å²) in [5.74, 6) is -1.61. The number of fused-ring (bicyclic) bond motifs is 1. The first-order valence-electron chi connectivity index (χ1n) is 6.27. The third-order valence-electron chi connectivity index (χ3n) is 4.41.